The van der Waals surface area contributed by atoms with Crippen molar-refractivity contribution in [1.82, 2.24) is 0 Å². The highest BCUT2D eigenvalue weighted by Gasteiger charge is 2.37. The lowest BCUT2D eigenvalue weighted by Crippen LogP contribution is -2.36. The second-order valence-electron chi connectivity index (χ2n) is 6.94. The van der Waals surface area contributed by atoms with Crippen LogP contribution >= 0.6 is 23.4 Å². The van der Waals surface area contributed by atoms with Crippen molar-refractivity contribution in [1.29, 1.82) is 0 Å². The number of benzene rings is 1. The van der Waals surface area contributed by atoms with Crippen LogP contribution in [0.4, 0.5) is 0 Å². The van der Waals surface area contributed by atoms with Crippen LogP contribution in [-0.4, -0.2) is 11.1 Å². The lowest BCUT2D eigenvalue weighted by molar-refractivity contribution is 0.139. The summed E-state index contributed by atoms with van der Waals surface area (Å²) in [6, 6.07) is 10.7. The first-order valence-electron chi connectivity index (χ1n) is 7.81. The van der Waals surface area contributed by atoms with Gasteiger partial charge in [0.05, 0.1) is 0 Å². The molecule has 20 heavy (non-hydrogen) atoms. The quantitative estimate of drug-likeness (QED) is 0.458. The van der Waals surface area contributed by atoms with Crippen LogP contribution in [0.2, 0.25) is 0 Å². The van der Waals surface area contributed by atoms with Gasteiger partial charge in [-0.1, -0.05) is 45.4 Å². The van der Waals surface area contributed by atoms with E-state index in [1.54, 1.807) is 0 Å². The van der Waals surface area contributed by atoms with Crippen LogP contribution in [0.1, 0.15) is 46.5 Å². The molecule has 1 saturated carbocycles. The van der Waals surface area contributed by atoms with Crippen LogP contribution in [0.3, 0.4) is 0 Å². The molecular formula is C18H27ClS. The summed E-state index contributed by atoms with van der Waals surface area (Å²) in [5, 5.41) is 0.371. The maximum atomic E-state index is 6.65. The van der Waals surface area contributed by atoms with Gasteiger partial charge in [-0.3, -0.25) is 0 Å². The van der Waals surface area contributed by atoms with Crippen molar-refractivity contribution in [3.8, 4) is 0 Å². The molecule has 2 rings (SSSR count). The van der Waals surface area contributed by atoms with Gasteiger partial charge in [0.25, 0.3) is 0 Å². The Hall–Kier alpha value is -0.140. The van der Waals surface area contributed by atoms with E-state index in [-0.39, 0.29) is 0 Å². The topological polar surface area (TPSA) is 0 Å². The van der Waals surface area contributed by atoms with Gasteiger partial charge in [0.2, 0.25) is 0 Å². The van der Waals surface area contributed by atoms with Gasteiger partial charge in [-0.15, -0.1) is 23.4 Å². The fourth-order valence-electron chi connectivity index (χ4n) is 3.33. The number of hydrogen-bond acceptors (Lipinski definition) is 1. The normalized spacial score (nSPS) is 27.5. The fraction of sp³-hybridized carbons (Fsp3) is 0.667. The van der Waals surface area contributed by atoms with Crippen LogP contribution in [0.5, 0.6) is 0 Å². The fourth-order valence-corrected chi connectivity index (χ4v) is 5.31. The Morgan fingerprint density at radius 2 is 1.90 bits per heavy atom. The van der Waals surface area contributed by atoms with Crippen molar-refractivity contribution in [3.05, 3.63) is 30.3 Å². The molecule has 112 valence electrons. The van der Waals surface area contributed by atoms with Crippen LogP contribution < -0.4 is 0 Å². The van der Waals surface area contributed by atoms with Gasteiger partial charge < -0.3 is 0 Å². The van der Waals surface area contributed by atoms with Crippen LogP contribution in [0, 0.1) is 17.3 Å². The Morgan fingerprint density at radius 3 is 2.55 bits per heavy atom. The standard InChI is InChI=1S/C18H27ClS/c1-14-9-10-16(17(19)13-14)18(2,3)11-12-20-15-7-5-4-6-8-15/h4-8,14,16-17H,9-13H2,1-3H3. The highest BCUT2D eigenvalue weighted by atomic mass is 35.5. The Labute approximate surface area is 133 Å². The molecule has 0 spiro atoms. The van der Waals surface area contributed by atoms with Gasteiger partial charge in [-0.2, -0.15) is 0 Å². The van der Waals surface area contributed by atoms with E-state index in [0.29, 0.717) is 16.7 Å². The summed E-state index contributed by atoms with van der Waals surface area (Å²) in [5.41, 5.74) is 0.355. The summed E-state index contributed by atoms with van der Waals surface area (Å²) in [5.74, 6) is 2.67. The molecule has 1 aromatic carbocycles. The van der Waals surface area contributed by atoms with Crippen LogP contribution in [-0.2, 0) is 0 Å². The number of hydrogen-bond donors (Lipinski definition) is 0. The summed E-state index contributed by atoms with van der Waals surface area (Å²) in [6.45, 7) is 7.16. The van der Waals surface area contributed by atoms with Crippen molar-refractivity contribution < 1.29 is 0 Å². The smallest absolute Gasteiger partial charge is 0.0371 e. The van der Waals surface area contributed by atoms with Gasteiger partial charge in [0, 0.05) is 10.3 Å². The third-order valence-electron chi connectivity index (χ3n) is 4.80. The average molecular weight is 311 g/mol. The molecule has 0 amide bonds. The number of thioether (sulfide) groups is 1. The third kappa shape index (κ3) is 4.43. The SMILES string of the molecule is CC1CCC(C(C)(C)CCSc2ccccc2)C(Cl)C1. The van der Waals surface area contributed by atoms with Crippen LogP contribution in [0.25, 0.3) is 0 Å². The van der Waals surface area contributed by atoms with Gasteiger partial charge in [-0.25, -0.2) is 0 Å². The van der Waals surface area contributed by atoms with E-state index in [2.05, 4.69) is 51.1 Å². The molecule has 1 aliphatic rings. The zero-order chi connectivity index (χ0) is 14.6. The van der Waals surface area contributed by atoms with Crippen molar-refractivity contribution in [2.45, 2.75) is 56.7 Å². The van der Waals surface area contributed by atoms with Gasteiger partial charge in [0.15, 0.2) is 0 Å². The largest absolute Gasteiger partial charge is 0.126 e. The highest BCUT2D eigenvalue weighted by molar-refractivity contribution is 7.99. The number of halogens is 1. The predicted molar refractivity (Wildman–Crippen MR) is 91.7 cm³/mol. The monoisotopic (exact) mass is 310 g/mol. The Balaban J connectivity index is 1.84. The maximum absolute atomic E-state index is 6.65. The second kappa shape index (κ2) is 7.22. The molecule has 0 saturated heterocycles. The molecule has 0 nitrogen and oxygen atoms in total. The molecule has 1 fully saturated rings. The van der Waals surface area contributed by atoms with Crippen molar-refractivity contribution in [2.75, 3.05) is 5.75 Å². The lowest BCUT2D eigenvalue weighted by Gasteiger charge is -2.42. The lowest BCUT2D eigenvalue weighted by atomic mass is 9.67. The Morgan fingerprint density at radius 1 is 1.20 bits per heavy atom. The van der Waals surface area contributed by atoms with Crippen molar-refractivity contribution in [2.24, 2.45) is 17.3 Å². The molecule has 0 radical (unpaired) electrons. The summed E-state index contributed by atoms with van der Waals surface area (Å²) in [6.07, 6.45) is 5.10. The Kier molecular flexibility index (Phi) is 5.86. The summed E-state index contributed by atoms with van der Waals surface area (Å²) in [7, 11) is 0. The first kappa shape index (κ1) is 16.2. The van der Waals surface area contributed by atoms with E-state index >= 15 is 0 Å². The van der Waals surface area contributed by atoms with Gasteiger partial charge in [-0.05, 0) is 54.4 Å². The number of rotatable bonds is 5. The zero-order valence-electron chi connectivity index (χ0n) is 12.9. The third-order valence-corrected chi connectivity index (χ3v) is 6.29. The first-order chi connectivity index (χ1) is 9.49. The molecule has 0 aromatic heterocycles. The zero-order valence-corrected chi connectivity index (χ0v) is 14.5. The molecule has 1 aliphatic carbocycles. The number of alkyl halides is 1. The molecule has 3 atom stereocenters. The molecule has 2 heteroatoms. The van der Waals surface area contributed by atoms with E-state index < -0.39 is 0 Å². The first-order valence-corrected chi connectivity index (χ1v) is 9.23. The molecule has 0 aliphatic heterocycles. The molecule has 0 N–H and O–H groups in total. The summed E-state index contributed by atoms with van der Waals surface area (Å²) in [4.78, 5) is 1.38. The average Bonchev–Trinajstić information content (AvgIpc) is 2.39. The van der Waals surface area contributed by atoms with E-state index in [1.165, 1.54) is 36.3 Å². The second-order valence-corrected chi connectivity index (χ2v) is 8.67. The molecule has 0 bridgehead atoms. The van der Waals surface area contributed by atoms with Crippen molar-refractivity contribution >= 4 is 23.4 Å². The molecule has 3 unspecified atom stereocenters. The minimum absolute atomic E-state index is 0.355. The van der Waals surface area contributed by atoms with E-state index in [1.807, 2.05) is 11.8 Å². The molecule has 0 heterocycles. The maximum Gasteiger partial charge on any atom is 0.0371 e. The van der Waals surface area contributed by atoms with Crippen LogP contribution in [0.15, 0.2) is 35.2 Å². The van der Waals surface area contributed by atoms with E-state index in [4.69, 9.17) is 11.6 Å². The Bertz CT molecular complexity index is 401. The molecular weight excluding hydrogens is 284 g/mol. The minimum atomic E-state index is 0.355. The van der Waals surface area contributed by atoms with E-state index in [0.717, 1.165) is 5.92 Å². The van der Waals surface area contributed by atoms with Gasteiger partial charge >= 0.3 is 0 Å². The van der Waals surface area contributed by atoms with Gasteiger partial charge in [0.1, 0.15) is 0 Å². The van der Waals surface area contributed by atoms with E-state index in [9.17, 15) is 0 Å². The molecule has 1 aromatic rings. The highest BCUT2D eigenvalue weighted by Crippen LogP contribution is 2.45. The summed E-state index contributed by atoms with van der Waals surface area (Å²) < 4.78 is 0. The minimum Gasteiger partial charge on any atom is -0.126 e. The predicted octanol–water partition coefficient (Wildman–Crippen LogP) is 6.24. The summed E-state index contributed by atoms with van der Waals surface area (Å²) >= 11 is 8.62. The van der Waals surface area contributed by atoms with Crippen molar-refractivity contribution in [3.63, 3.8) is 0 Å².